The Kier molecular flexibility index (Phi) is 3.58. The van der Waals surface area contributed by atoms with E-state index in [1.54, 1.807) is 0 Å². The predicted octanol–water partition coefficient (Wildman–Crippen LogP) is 3.00. The van der Waals surface area contributed by atoms with Gasteiger partial charge in [0.2, 0.25) is 0 Å². The van der Waals surface area contributed by atoms with Crippen molar-refractivity contribution in [2.45, 2.75) is 13.8 Å². The molecule has 1 amide bonds. The largest absolute Gasteiger partial charge is 0.305 e. The molecule has 1 aromatic heterocycles. The minimum Gasteiger partial charge on any atom is -0.305 e. The van der Waals surface area contributed by atoms with Crippen LogP contribution >= 0.6 is 11.6 Å². The van der Waals surface area contributed by atoms with Crippen LogP contribution < -0.4 is 5.32 Å². The van der Waals surface area contributed by atoms with Crippen molar-refractivity contribution in [1.82, 2.24) is 9.97 Å². The van der Waals surface area contributed by atoms with Crippen LogP contribution in [-0.4, -0.2) is 15.9 Å². The second-order valence-corrected chi connectivity index (χ2v) is 4.38. The van der Waals surface area contributed by atoms with E-state index in [-0.39, 0.29) is 5.91 Å². The number of carbonyl (C=O) groups excluding carboxylic acids is 1. The number of nitrogens with one attached hydrogen (secondary N) is 1. The third-order valence-electron chi connectivity index (χ3n) is 2.50. The van der Waals surface area contributed by atoms with Crippen LogP contribution in [0.25, 0.3) is 0 Å². The normalized spacial score (nSPS) is 10.2. The fourth-order valence-corrected chi connectivity index (χ4v) is 1.64. The standard InChI is InChI=1S/C13H12ClN3O/c1-8-3-4-9(2)10(5-8)13(18)17-12-7-15-11(14)6-16-12/h3-7H,1-2H3,(H,16,17,18). The Hall–Kier alpha value is -1.94. The molecule has 2 aromatic rings. The highest BCUT2D eigenvalue weighted by atomic mass is 35.5. The highest BCUT2D eigenvalue weighted by Crippen LogP contribution is 2.13. The molecule has 0 unspecified atom stereocenters. The molecule has 5 heteroatoms. The molecule has 0 aliphatic carbocycles. The zero-order valence-corrected chi connectivity index (χ0v) is 10.8. The lowest BCUT2D eigenvalue weighted by Crippen LogP contribution is -2.14. The molecule has 92 valence electrons. The van der Waals surface area contributed by atoms with Gasteiger partial charge >= 0.3 is 0 Å². The number of amides is 1. The van der Waals surface area contributed by atoms with Gasteiger partial charge in [-0.3, -0.25) is 4.79 Å². The zero-order chi connectivity index (χ0) is 13.1. The van der Waals surface area contributed by atoms with Gasteiger partial charge in [0.05, 0.1) is 12.4 Å². The van der Waals surface area contributed by atoms with Crippen molar-refractivity contribution in [3.8, 4) is 0 Å². The molecule has 0 fully saturated rings. The minimum atomic E-state index is -0.201. The summed E-state index contributed by atoms with van der Waals surface area (Å²) in [6.45, 7) is 3.83. The first-order valence-electron chi connectivity index (χ1n) is 5.42. The van der Waals surface area contributed by atoms with Crippen LogP contribution in [0, 0.1) is 13.8 Å². The Morgan fingerprint density at radius 3 is 2.67 bits per heavy atom. The fraction of sp³-hybridized carbons (Fsp3) is 0.154. The van der Waals surface area contributed by atoms with Gasteiger partial charge in [0.25, 0.3) is 5.91 Å². The molecule has 1 aromatic carbocycles. The summed E-state index contributed by atoms with van der Waals surface area (Å²) in [6.07, 6.45) is 2.81. The van der Waals surface area contributed by atoms with Crippen molar-refractivity contribution < 1.29 is 4.79 Å². The highest BCUT2D eigenvalue weighted by molar-refractivity contribution is 6.29. The van der Waals surface area contributed by atoms with E-state index in [9.17, 15) is 4.79 Å². The Bertz CT molecular complexity index is 581. The molecular weight excluding hydrogens is 250 g/mol. The molecule has 0 saturated heterocycles. The van der Waals surface area contributed by atoms with Crippen LogP contribution in [0.2, 0.25) is 5.15 Å². The van der Waals surface area contributed by atoms with Gasteiger partial charge in [-0.25, -0.2) is 9.97 Å². The van der Waals surface area contributed by atoms with Gasteiger partial charge in [-0.15, -0.1) is 0 Å². The lowest BCUT2D eigenvalue weighted by Gasteiger charge is -2.07. The zero-order valence-electron chi connectivity index (χ0n) is 10.1. The highest BCUT2D eigenvalue weighted by Gasteiger charge is 2.10. The summed E-state index contributed by atoms with van der Waals surface area (Å²) < 4.78 is 0. The van der Waals surface area contributed by atoms with Crippen LogP contribution in [0.15, 0.2) is 30.6 Å². The van der Waals surface area contributed by atoms with Crippen molar-refractivity contribution in [3.63, 3.8) is 0 Å². The Morgan fingerprint density at radius 2 is 2.00 bits per heavy atom. The van der Waals surface area contributed by atoms with Gasteiger partial charge in [-0.05, 0) is 25.5 Å². The maximum atomic E-state index is 12.1. The second-order valence-electron chi connectivity index (χ2n) is 4.00. The molecule has 0 bridgehead atoms. The summed E-state index contributed by atoms with van der Waals surface area (Å²) in [5.74, 6) is 0.179. The first-order valence-corrected chi connectivity index (χ1v) is 5.80. The third kappa shape index (κ3) is 2.84. The van der Waals surface area contributed by atoms with E-state index in [1.807, 2.05) is 32.0 Å². The summed E-state index contributed by atoms with van der Waals surface area (Å²) >= 11 is 5.62. The molecule has 0 atom stereocenters. The van der Waals surface area contributed by atoms with Gasteiger partial charge in [0.15, 0.2) is 5.82 Å². The number of hydrogen-bond donors (Lipinski definition) is 1. The van der Waals surface area contributed by atoms with E-state index >= 15 is 0 Å². The van der Waals surface area contributed by atoms with E-state index in [0.29, 0.717) is 16.5 Å². The maximum Gasteiger partial charge on any atom is 0.257 e. The molecular formula is C13H12ClN3O. The van der Waals surface area contributed by atoms with E-state index in [2.05, 4.69) is 15.3 Å². The van der Waals surface area contributed by atoms with Crippen molar-refractivity contribution in [2.75, 3.05) is 5.32 Å². The number of carbonyl (C=O) groups is 1. The van der Waals surface area contributed by atoms with Crippen molar-refractivity contribution in [2.24, 2.45) is 0 Å². The van der Waals surface area contributed by atoms with Crippen LogP contribution in [-0.2, 0) is 0 Å². The van der Waals surface area contributed by atoms with Gasteiger partial charge in [-0.2, -0.15) is 0 Å². The smallest absolute Gasteiger partial charge is 0.257 e. The van der Waals surface area contributed by atoms with Gasteiger partial charge in [-0.1, -0.05) is 29.3 Å². The number of hydrogen-bond acceptors (Lipinski definition) is 3. The summed E-state index contributed by atoms with van der Waals surface area (Å²) in [7, 11) is 0. The second kappa shape index (κ2) is 5.14. The number of benzene rings is 1. The molecule has 0 radical (unpaired) electrons. The molecule has 0 aliphatic rings. The number of anilines is 1. The summed E-state index contributed by atoms with van der Waals surface area (Å²) in [5.41, 5.74) is 2.58. The molecule has 0 saturated carbocycles. The maximum absolute atomic E-state index is 12.1. The van der Waals surface area contributed by atoms with E-state index in [4.69, 9.17) is 11.6 Å². The lowest BCUT2D eigenvalue weighted by atomic mass is 10.1. The Balaban J connectivity index is 2.21. The summed E-state index contributed by atoms with van der Waals surface area (Å²) in [4.78, 5) is 19.9. The van der Waals surface area contributed by atoms with Crippen LogP contribution in [0.4, 0.5) is 5.82 Å². The quantitative estimate of drug-likeness (QED) is 0.904. The summed E-state index contributed by atoms with van der Waals surface area (Å²) in [6, 6.07) is 5.72. The first kappa shape index (κ1) is 12.5. The van der Waals surface area contributed by atoms with Crippen LogP contribution in [0.5, 0.6) is 0 Å². The fourth-order valence-electron chi connectivity index (χ4n) is 1.54. The number of nitrogens with zero attached hydrogens (tertiary/aromatic N) is 2. The van der Waals surface area contributed by atoms with Gasteiger partial charge < -0.3 is 5.32 Å². The molecule has 1 N–H and O–H groups in total. The van der Waals surface area contributed by atoms with Crippen molar-refractivity contribution in [1.29, 1.82) is 0 Å². The molecule has 18 heavy (non-hydrogen) atoms. The molecule has 1 heterocycles. The number of aromatic nitrogens is 2. The number of rotatable bonds is 2. The van der Waals surface area contributed by atoms with E-state index in [1.165, 1.54) is 12.4 Å². The molecule has 0 spiro atoms. The van der Waals surface area contributed by atoms with Gasteiger partial charge in [0, 0.05) is 5.56 Å². The van der Waals surface area contributed by atoms with E-state index in [0.717, 1.165) is 11.1 Å². The van der Waals surface area contributed by atoms with Crippen LogP contribution in [0.3, 0.4) is 0 Å². The average molecular weight is 262 g/mol. The SMILES string of the molecule is Cc1ccc(C)c(C(=O)Nc2cnc(Cl)cn2)c1. The average Bonchev–Trinajstić information content (AvgIpc) is 2.35. The number of aryl methyl sites for hydroxylation is 2. The first-order chi connectivity index (χ1) is 8.56. The van der Waals surface area contributed by atoms with Gasteiger partial charge in [0.1, 0.15) is 5.15 Å². The lowest BCUT2D eigenvalue weighted by molar-refractivity contribution is 0.102. The monoisotopic (exact) mass is 261 g/mol. The molecule has 4 nitrogen and oxygen atoms in total. The Morgan fingerprint density at radius 1 is 1.22 bits per heavy atom. The minimum absolute atomic E-state index is 0.201. The van der Waals surface area contributed by atoms with Crippen molar-refractivity contribution >= 4 is 23.3 Å². The molecule has 0 aliphatic heterocycles. The number of halogens is 1. The van der Waals surface area contributed by atoms with Crippen LogP contribution in [0.1, 0.15) is 21.5 Å². The summed E-state index contributed by atoms with van der Waals surface area (Å²) in [5, 5.41) is 2.97. The predicted molar refractivity (Wildman–Crippen MR) is 70.9 cm³/mol. The van der Waals surface area contributed by atoms with Crippen molar-refractivity contribution in [3.05, 3.63) is 52.4 Å². The third-order valence-corrected chi connectivity index (χ3v) is 2.69. The Labute approximate surface area is 110 Å². The topological polar surface area (TPSA) is 54.9 Å². The van der Waals surface area contributed by atoms with E-state index < -0.39 is 0 Å². The molecule has 2 rings (SSSR count).